The van der Waals surface area contributed by atoms with Gasteiger partial charge in [-0.25, -0.2) is 9.67 Å². The first-order valence-electron chi connectivity index (χ1n) is 5.77. The zero-order chi connectivity index (χ0) is 13.1. The van der Waals surface area contributed by atoms with Crippen LogP contribution in [0.5, 0.6) is 0 Å². The highest BCUT2D eigenvalue weighted by Crippen LogP contribution is 2.19. The van der Waals surface area contributed by atoms with Crippen LogP contribution in [0.15, 0.2) is 41.3 Å². The van der Waals surface area contributed by atoms with E-state index in [1.165, 1.54) is 6.39 Å². The van der Waals surface area contributed by atoms with Gasteiger partial charge in [-0.05, 0) is 22.6 Å². The van der Waals surface area contributed by atoms with Crippen molar-refractivity contribution < 1.29 is 4.42 Å². The summed E-state index contributed by atoms with van der Waals surface area (Å²) in [5, 5.41) is 14.7. The number of aryl methyl sites for hydroxylation is 1. The summed E-state index contributed by atoms with van der Waals surface area (Å²) in [5.74, 6) is 1.51. The average Bonchev–Trinajstić information content (AvgIpc) is 3.08. The summed E-state index contributed by atoms with van der Waals surface area (Å²) in [6, 6.07) is 7.88. The van der Waals surface area contributed by atoms with Gasteiger partial charge in [0.2, 0.25) is 0 Å². The minimum absolute atomic E-state index is 0.584. The number of anilines is 1. The molecule has 0 saturated heterocycles. The van der Waals surface area contributed by atoms with Crippen LogP contribution in [0, 0.1) is 0 Å². The number of aromatic nitrogens is 5. The predicted octanol–water partition coefficient (Wildman–Crippen LogP) is 1.48. The van der Waals surface area contributed by atoms with Crippen LogP contribution in [0.2, 0.25) is 0 Å². The Morgan fingerprint density at radius 1 is 1.37 bits per heavy atom. The lowest BCUT2D eigenvalue weighted by Gasteiger charge is -2.06. The summed E-state index contributed by atoms with van der Waals surface area (Å²) in [5.41, 5.74) is 1.92. The molecule has 0 aliphatic carbocycles. The van der Waals surface area contributed by atoms with Crippen molar-refractivity contribution in [2.45, 2.75) is 6.54 Å². The molecule has 3 rings (SSSR count). The number of hydrogen-bond acceptors (Lipinski definition) is 6. The first-order valence-corrected chi connectivity index (χ1v) is 5.77. The van der Waals surface area contributed by atoms with E-state index < -0.39 is 0 Å². The molecular weight excluding hydrogens is 244 g/mol. The number of tetrazole rings is 1. The normalized spacial score (nSPS) is 10.6. The average molecular weight is 256 g/mol. The minimum atomic E-state index is 0.584. The van der Waals surface area contributed by atoms with Gasteiger partial charge in [0.15, 0.2) is 12.2 Å². The van der Waals surface area contributed by atoms with Gasteiger partial charge in [-0.1, -0.05) is 12.1 Å². The fourth-order valence-corrected chi connectivity index (χ4v) is 1.76. The van der Waals surface area contributed by atoms with E-state index in [9.17, 15) is 0 Å². The van der Waals surface area contributed by atoms with E-state index in [1.807, 2.05) is 31.3 Å². The maximum absolute atomic E-state index is 5.17. The SMILES string of the molecule is Cn1nnnc1-c1cccc(NCc2cnco2)c1. The van der Waals surface area contributed by atoms with Crippen molar-refractivity contribution in [2.24, 2.45) is 7.05 Å². The summed E-state index contributed by atoms with van der Waals surface area (Å²) >= 11 is 0. The second-order valence-corrected chi connectivity index (χ2v) is 4.03. The number of rotatable bonds is 4. The van der Waals surface area contributed by atoms with E-state index in [0.29, 0.717) is 6.54 Å². The molecule has 96 valence electrons. The Hall–Kier alpha value is -2.70. The van der Waals surface area contributed by atoms with Gasteiger partial charge in [0, 0.05) is 18.3 Å². The zero-order valence-corrected chi connectivity index (χ0v) is 10.3. The molecule has 7 nitrogen and oxygen atoms in total. The third kappa shape index (κ3) is 2.44. The monoisotopic (exact) mass is 256 g/mol. The number of nitrogens with zero attached hydrogens (tertiary/aromatic N) is 5. The van der Waals surface area contributed by atoms with E-state index in [0.717, 1.165) is 22.8 Å². The maximum atomic E-state index is 5.17. The quantitative estimate of drug-likeness (QED) is 0.761. The van der Waals surface area contributed by atoms with Crippen molar-refractivity contribution in [2.75, 3.05) is 5.32 Å². The molecule has 0 fully saturated rings. The fraction of sp³-hybridized carbons (Fsp3) is 0.167. The summed E-state index contributed by atoms with van der Waals surface area (Å²) in [7, 11) is 1.81. The highest BCUT2D eigenvalue weighted by molar-refractivity contribution is 5.62. The first-order chi connectivity index (χ1) is 9.33. The molecule has 0 bridgehead atoms. The van der Waals surface area contributed by atoms with Crippen LogP contribution in [-0.4, -0.2) is 25.2 Å². The van der Waals surface area contributed by atoms with Gasteiger partial charge in [-0.15, -0.1) is 5.10 Å². The van der Waals surface area contributed by atoms with E-state index in [2.05, 4.69) is 25.8 Å². The van der Waals surface area contributed by atoms with E-state index in [4.69, 9.17) is 4.42 Å². The topological polar surface area (TPSA) is 81.7 Å². The molecule has 19 heavy (non-hydrogen) atoms. The molecule has 1 N–H and O–H groups in total. The summed E-state index contributed by atoms with van der Waals surface area (Å²) in [6.45, 7) is 0.584. The maximum Gasteiger partial charge on any atom is 0.181 e. The standard InChI is InChI=1S/C12H12N6O/c1-18-12(15-16-17-18)9-3-2-4-10(5-9)14-7-11-6-13-8-19-11/h2-6,8,14H,7H2,1H3. The number of hydrogen-bond donors (Lipinski definition) is 1. The number of nitrogens with one attached hydrogen (secondary N) is 1. The summed E-state index contributed by atoms with van der Waals surface area (Å²) in [4.78, 5) is 3.87. The van der Waals surface area contributed by atoms with Gasteiger partial charge in [-0.3, -0.25) is 0 Å². The summed E-state index contributed by atoms with van der Waals surface area (Å²) < 4.78 is 6.80. The molecule has 0 aliphatic rings. The van der Waals surface area contributed by atoms with E-state index in [-0.39, 0.29) is 0 Å². The highest BCUT2D eigenvalue weighted by Gasteiger charge is 2.06. The van der Waals surface area contributed by atoms with Gasteiger partial charge in [0.05, 0.1) is 12.7 Å². The molecule has 0 atom stereocenters. The molecule has 2 heterocycles. The van der Waals surface area contributed by atoms with Crippen LogP contribution < -0.4 is 5.32 Å². The lowest BCUT2D eigenvalue weighted by Crippen LogP contribution is -1.99. The third-order valence-corrected chi connectivity index (χ3v) is 2.69. The molecule has 0 aliphatic heterocycles. The molecule has 0 amide bonds. The number of benzene rings is 1. The largest absolute Gasteiger partial charge is 0.447 e. The van der Waals surface area contributed by atoms with Crippen LogP contribution in [0.4, 0.5) is 5.69 Å². The summed E-state index contributed by atoms with van der Waals surface area (Å²) in [6.07, 6.45) is 3.10. The third-order valence-electron chi connectivity index (χ3n) is 2.69. The van der Waals surface area contributed by atoms with Crippen molar-refractivity contribution in [1.29, 1.82) is 0 Å². The van der Waals surface area contributed by atoms with Crippen LogP contribution in [0.1, 0.15) is 5.76 Å². The van der Waals surface area contributed by atoms with Crippen LogP contribution in [0.25, 0.3) is 11.4 Å². The van der Waals surface area contributed by atoms with Gasteiger partial charge in [-0.2, -0.15) is 0 Å². The Morgan fingerprint density at radius 2 is 2.32 bits per heavy atom. The smallest absolute Gasteiger partial charge is 0.181 e. The first kappa shape index (κ1) is 11.4. The lowest BCUT2D eigenvalue weighted by atomic mass is 10.2. The van der Waals surface area contributed by atoms with Crippen molar-refractivity contribution in [1.82, 2.24) is 25.2 Å². The van der Waals surface area contributed by atoms with Crippen LogP contribution >= 0.6 is 0 Å². The molecule has 7 heteroatoms. The molecular formula is C12H12N6O. The van der Waals surface area contributed by atoms with Crippen molar-refractivity contribution in [3.63, 3.8) is 0 Å². The minimum Gasteiger partial charge on any atom is -0.447 e. The van der Waals surface area contributed by atoms with E-state index >= 15 is 0 Å². The second-order valence-electron chi connectivity index (χ2n) is 4.03. The fourth-order valence-electron chi connectivity index (χ4n) is 1.76. The Labute approximate surface area is 109 Å². The second kappa shape index (κ2) is 4.89. The Bertz CT molecular complexity index is 660. The molecule has 0 spiro atoms. The Kier molecular flexibility index (Phi) is 2.93. The van der Waals surface area contributed by atoms with E-state index in [1.54, 1.807) is 10.9 Å². The molecule has 1 aromatic carbocycles. The zero-order valence-electron chi connectivity index (χ0n) is 10.3. The van der Waals surface area contributed by atoms with Gasteiger partial charge in [0.1, 0.15) is 5.76 Å². The van der Waals surface area contributed by atoms with Crippen molar-refractivity contribution >= 4 is 5.69 Å². The van der Waals surface area contributed by atoms with Crippen molar-refractivity contribution in [3.8, 4) is 11.4 Å². The van der Waals surface area contributed by atoms with Gasteiger partial charge < -0.3 is 9.73 Å². The Morgan fingerprint density at radius 3 is 3.05 bits per heavy atom. The predicted molar refractivity (Wildman–Crippen MR) is 68.1 cm³/mol. The molecule has 0 saturated carbocycles. The van der Waals surface area contributed by atoms with Gasteiger partial charge >= 0.3 is 0 Å². The van der Waals surface area contributed by atoms with Crippen molar-refractivity contribution in [3.05, 3.63) is 42.6 Å². The number of oxazole rings is 1. The molecule has 3 aromatic rings. The molecule has 2 aromatic heterocycles. The Balaban J connectivity index is 1.78. The van der Waals surface area contributed by atoms with Crippen LogP contribution in [0.3, 0.4) is 0 Å². The highest BCUT2D eigenvalue weighted by atomic mass is 16.3. The molecule has 0 unspecified atom stereocenters. The lowest BCUT2D eigenvalue weighted by molar-refractivity contribution is 0.512. The molecule has 0 radical (unpaired) electrons. The van der Waals surface area contributed by atoms with Crippen LogP contribution in [-0.2, 0) is 13.6 Å². The van der Waals surface area contributed by atoms with Gasteiger partial charge in [0.25, 0.3) is 0 Å².